The van der Waals surface area contributed by atoms with Gasteiger partial charge >= 0.3 is 5.69 Å². The summed E-state index contributed by atoms with van der Waals surface area (Å²) >= 11 is 0. The van der Waals surface area contributed by atoms with Crippen LogP contribution in [0.15, 0.2) is 64.8 Å². The summed E-state index contributed by atoms with van der Waals surface area (Å²) in [6.45, 7) is 7.10. The number of aryl methyl sites for hydroxylation is 1. The van der Waals surface area contributed by atoms with E-state index >= 15 is 8.78 Å². The first-order chi connectivity index (χ1) is 21.3. The third kappa shape index (κ3) is 5.51. The zero-order chi connectivity index (χ0) is 32.8. The molecule has 1 amide bonds. The van der Waals surface area contributed by atoms with Crippen LogP contribution in [-0.2, 0) is 14.6 Å². The molecule has 1 saturated heterocycles. The molecule has 3 heterocycles. The number of nitriles is 1. The number of nitrogens with two attached hydrogens (primary N) is 1. The van der Waals surface area contributed by atoms with E-state index in [2.05, 4.69) is 22.6 Å². The number of fused-ring (bicyclic) bond motifs is 1. The number of amides is 1. The van der Waals surface area contributed by atoms with Crippen molar-refractivity contribution in [2.24, 2.45) is 0 Å². The second-order valence-electron chi connectivity index (χ2n) is 10.9. The van der Waals surface area contributed by atoms with Crippen LogP contribution in [0.4, 0.5) is 20.3 Å². The number of aromatic nitrogens is 3. The van der Waals surface area contributed by atoms with Crippen LogP contribution in [0.5, 0.6) is 0 Å². The van der Waals surface area contributed by atoms with Gasteiger partial charge in [0.2, 0.25) is 5.91 Å². The van der Waals surface area contributed by atoms with Crippen LogP contribution < -0.4 is 16.3 Å². The van der Waals surface area contributed by atoms with Crippen LogP contribution in [0, 0.1) is 29.9 Å². The zero-order valence-electron chi connectivity index (χ0n) is 24.7. The molecule has 2 aromatic heterocycles. The summed E-state index contributed by atoms with van der Waals surface area (Å²) in [6.07, 6.45) is 2.10. The molecule has 2 atom stereocenters. The van der Waals surface area contributed by atoms with E-state index in [9.17, 15) is 23.3 Å². The van der Waals surface area contributed by atoms with E-state index in [1.807, 2.05) is 0 Å². The Labute approximate surface area is 257 Å². The van der Waals surface area contributed by atoms with Gasteiger partial charge in [0.15, 0.2) is 21.3 Å². The summed E-state index contributed by atoms with van der Waals surface area (Å²) in [5.74, 6) is -2.20. The number of hydrogen-bond donors (Lipinski definition) is 1. The summed E-state index contributed by atoms with van der Waals surface area (Å²) in [7, 11) is -3.90. The van der Waals surface area contributed by atoms with Crippen molar-refractivity contribution in [3.05, 3.63) is 82.8 Å². The van der Waals surface area contributed by atoms with Gasteiger partial charge in [0.1, 0.15) is 17.3 Å². The highest BCUT2D eigenvalue weighted by Crippen LogP contribution is 2.36. The third-order valence-corrected chi connectivity index (χ3v) is 8.93. The quantitative estimate of drug-likeness (QED) is 0.248. The standard InChI is InChI=1S/C31H29F2N7O4S/c1-5-25(41)39-15-18(3)38(16-19(39)12-13-34)29-20-14-22(33)27(26-21(32)9-7-10-23(26)35)36-30(20)40(31(42)37-29)28-17(2)8-6-11-24(28)45(4,43)44/h5-11,14,18-19H,1,12,15-16,35H2,2-4H3/t18-,19-/m0/s1. The average molecular weight is 634 g/mol. The van der Waals surface area contributed by atoms with E-state index in [1.54, 1.807) is 24.8 Å². The average Bonchev–Trinajstić information content (AvgIpc) is 2.97. The molecule has 0 aliphatic carbocycles. The van der Waals surface area contributed by atoms with Crippen molar-refractivity contribution in [3.63, 3.8) is 0 Å². The SMILES string of the molecule is C=CC(=O)N1C[C@H](C)N(c2nc(=O)n(-c3c(C)cccc3S(C)(=O)=O)c3nc(-c4c(N)cccc4F)c(F)cc23)C[C@@H]1CC#N. The molecular formula is C31H29F2N7O4S. The van der Waals surface area contributed by atoms with Crippen LogP contribution >= 0.6 is 0 Å². The number of carbonyl (C=O) groups excluding carboxylic acids is 1. The van der Waals surface area contributed by atoms with E-state index in [0.717, 1.165) is 29.0 Å². The Hall–Kier alpha value is -5.16. The van der Waals surface area contributed by atoms with Crippen LogP contribution in [0.2, 0.25) is 0 Å². The molecular weight excluding hydrogens is 604 g/mol. The minimum absolute atomic E-state index is 0.00124. The normalized spacial score (nSPS) is 16.9. The number of nitrogen functional groups attached to an aromatic ring is 1. The lowest BCUT2D eigenvalue weighted by Gasteiger charge is -2.45. The number of benzene rings is 2. The molecule has 0 saturated carbocycles. The molecule has 232 valence electrons. The maximum Gasteiger partial charge on any atom is 0.355 e. The predicted octanol–water partition coefficient (Wildman–Crippen LogP) is 3.53. The summed E-state index contributed by atoms with van der Waals surface area (Å²) in [5.41, 5.74) is 4.31. The molecule has 14 heteroatoms. The van der Waals surface area contributed by atoms with Gasteiger partial charge in [-0.3, -0.25) is 4.79 Å². The topological polar surface area (TPSA) is 155 Å². The van der Waals surface area contributed by atoms with Crippen LogP contribution in [0.1, 0.15) is 18.9 Å². The number of anilines is 2. The molecule has 2 aromatic carbocycles. The predicted molar refractivity (Wildman–Crippen MR) is 165 cm³/mol. The van der Waals surface area contributed by atoms with Crippen LogP contribution in [0.25, 0.3) is 28.0 Å². The summed E-state index contributed by atoms with van der Waals surface area (Å²) in [6, 6.07) is 10.3. The number of nitrogens with zero attached hydrogens (tertiary/aromatic N) is 6. The maximum atomic E-state index is 16.0. The van der Waals surface area contributed by atoms with Gasteiger partial charge in [-0.25, -0.2) is 31.5 Å². The Kier molecular flexibility index (Phi) is 8.15. The molecule has 0 bridgehead atoms. The van der Waals surface area contributed by atoms with Crippen molar-refractivity contribution in [2.45, 2.75) is 37.2 Å². The number of sulfone groups is 1. The molecule has 0 spiro atoms. The number of para-hydroxylation sites is 1. The maximum absolute atomic E-state index is 16.0. The Bertz CT molecular complexity index is 2070. The molecule has 2 N–H and O–H groups in total. The van der Waals surface area contributed by atoms with Gasteiger partial charge in [0.05, 0.1) is 40.1 Å². The number of pyridine rings is 1. The number of hydrogen-bond acceptors (Lipinski definition) is 9. The fourth-order valence-corrected chi connectivity index (χ4v) is 6.64. The third-order valence-electron chi connectivity index (χ3n) is 7.81. The molecule has 4 aromatic rings. The first-order valence-corrected chi connectivity index (χ1v) is 15.7. The Morgan fingerprint density at radius 3 is 2.53 bits per heavy atom. The van der Waals surface area contributed by atoms with Gasteiger partial charge in [-0.15, -0.1) is 0 Å². The highest BCUT2D eigenvalue weighted by atomic mass is 32.2. The first kappa shape index (κ1) is 31.3. The molecule has 5 rings (SSSR count). The van der Waals surface area contributed by atoms with Crippen molar-refractivity contribution in [1.29, 1.82) is 5.26 Å². The molecule has 11 nitrogen and oxygen atoms in total. The smallest absolute Gasteiger partial charge is 0.355 e. The molecule has 1 fully saturated rings. The van der Waals surface area contributed by atoms with Gasteiger partial charge in [0.25, 0.3) is 0 Å². The lowest BCUT2D eigenvalue weighted by molar-refractivity contribution is -0.129. The Morgan fingerprint density at radius 2 is 1.89 bits per heavy atom. The Balaban J connectivity index is 1.87. The van der Waals surface area contributed by atoms with E-state index in [0.29, 0.717) is 5.56 Å². The second-order valence-corrected chi connectivity index (χ2v) is 12.8. The lowest BCUT2D eigenvalue weighted by Crippen LogP contribution is -2.59. The largest absolute Gasteiger partial charge is 0.398 e. The lowest BCUT2D eigenvalue weighted by atomic mass is 10.0. The zero-order valence-corrected chi connectivity index (χ0v) is 25.5. The highest BCUT2D eigenvalue weighted by Gasteiger charge is 2.36. The van der Waals surface area contributed by atoms with Crippen molar-refractivity contribution in [3.8, 4) is 23.0 Å². The molecule has 1 aliphatic heterocycles. The van der Waals surface area contributed by atoms with Crippen LogP contribution in [-0.4, -0.2) is 65.2 Å². The van der Waals surface area contributed by atoms with E-state index in [1.165, 1.54) is 29.2 Å². The highest BCUT2D eigenvalue weighted by molar-refractivity contribution is 7.90. The number of rotatable bonds is 6. The van der Waals surface area contributed by atoms with Crippen molar-refractivity contribution in [1.82, 2.24) is 19.4 Å². The summed E-state index contributed by atoms with van der Waals surface area (Å²) < 4.78 is 57.7. The monoisotopic (exact) mass is 633 g/mol. The Morgan fingerprint density at radius 1 is 1.18 bits per heavy atom. The van der Waals surface area contributed by atoms with Crippen molar-refractivity contribution >= 4 is 38.3 Å². The fourth-order valence-electron chi connectivity index (χ4n) is 5.71. The molecule has 45 heavy (non-hydrogen) atoms. The summed E-state index contributed by atoms with van der Waals surface area (Å²) in [4.78, 5) is 38.3. The number of halogens is 2. The van der Waals surface area contributed by atoms with Gasteiger partial charge < -0.3 is 15.5 Å². The molecule has 0 radical (unpaired) electrons. The van der Waals surface area contributed by atoms with E-state index in [4.69, 9.17) is 5.73 Å². The minimum Gasteiger partial charge on any atom is -0.398 e. The van der Waals surface area contributed by atoms with Gasteiger partial charge in [-0.1, -0.05) is 24.8 Å². The van der Waals surface area contributed by atoms with Crippen molar-refractivity contribution in [2.75, 3.05) is 30.0 Å². The van der Waals surface area contributed by atoms with Crippen LogP contribution in [0.3, 0.4) is 0 Å². The van der Waals surface area contributed by atoms with Gasteiger partial charge in [-0.2, -0.15) is 10.2 Å². The number of carbonyl (C=O) groups is 1. The number of piperazine rings is 1. The first-order valence-electron chi connectivity index (χ1n) is 13.8. The van der Waals surface area contributed by atoms with E-state index < -0.39 is 44.9 Å². The van der Waals surface area contributed by atoms with Gasteiger partial charge in [0, 0.05) is 31.1 Å². The second kappa shape index (κ2) is 11.7. The molecule has 1 aliphatic rings. The fraction of sp³-hybridized carbons (Fsp3) is 0.258. The van der Waals surface area contributed by atoms with Crippen molar-refractivity contribution < 1.29 is 22.0 Å². The molecule has 0 unspecified atom stereocenters. The van der Waals surface area contributed by atoms with E-state index in [-0.39, 0.29) is 64.1 Å². The summed E-state index contributed by atoms with van der Waals surface area (Å²) in [5, 5.41) is 9.49. The van der Waals surface area contributed by atoms with Gasteiger partial charge in [-0.05, 0) is 49.8 Å². The minimum atomic E-state index is -3.90.